The molecule has 0 saturated carbocycles. The fraction of sp³-hybridized carbons (Fsp3) is 0.941. The van der Waals surface area contributed by atoms with E-state index in [1.165, 1.54) is 161 Å². The summed E-state index contributed by atoms with van der Waals surface area (Å²) in [5.74, 6) is -0.581. The second kappa shape index (κ2) is 60.3. The minimum Gasteiger partial charge on any atom is -0.462 e. The van der Waals surface area contributed by atoms with E-state index in [1.54, 1.807) is 0 Å². The third kappa shape index (κ3) is 62.6. The van der Waals surface area contributed by atoms with Crippen LogP contribution in [0.3, 0.4) is 0 Å². The molecule has 0 radical (unpaired) electrons. The Bertz CT molecular complexity index is 1700. The van der Waals surface area contributed by atoms with E-state index in [4.69, 9.17) is 37.0 Å². The fourth-order valence-electron chi connectivity index (χ4n) is 10.2. The van der Waals surface area contributed by atoms with Crippen LogP contribution in [0, 0.1) is 11.8 Å². The van der Waals surface area contributed by atoms with Gasteiger partial charge in [0.15, 0.2) is 12.2 Å². The van der Waals surface area contributed by atoms with Gasteiger partial charge in [-0.05, 0) is 37.5 Å². The van der Waals surface area contributed by atoms with E-state index in [1.807, 2.05) is 0 Å². The third-order valence-corrected chi connectivity index (χ3v) is 17.6. The van der Waals surface area contributed by atoms with Crippen molar-refractivity contribution in [3.8, 4) is 0 Å². The lowest BCUT2D eigenvalue weighted by atomic mass is 10.0. The molecule has 0 rings (SSSR count). The molecule has 0 aromatic carbocycles. The van der Waals surface area contributed by atoms with E-state index in [0.29, 0.717) is 25.7 Å². The maximum Gasteiger partial charge on any atom is 0.472 e. The maximum atomic E-state index is 13.0. The first-order valence-electron chi connectivity index (χ1n) is 35.5. The molecule has 19 heteroatoms. The zero-order valence-corrected chi connectivity index (χ0v) is 58.1. The van der Waals surface area contributed by atoms with Gasteiger partial charge in [0.25, 0.3) is 0 Å². The van der Waals surface area contributed by atoms with Gasteiger partial charge in [-0.25, -0.2) is 9.13 Å². The highest BCUT2D eigenvalue weighted by Gasteiger charge is 2.30. The van der Waals surface area contributed by atoms with E-state index in [9.17, 15) is 43.2 Å². The molecule has 0 aromatic rings. The monoisotopic (exact) mass is 1280 g/mol. The Kier molecular flexibility index (Phi) is 59.0. The third-order valence-electron chi connectivity index (χ3n) is 15.7. The number of carbonyl (C=O) groups excluding carboxylic acids is 4. The minimum atomic E-state index is -4.95. The molecule has 17 nitrogen and oxygen atoms in total. The van der Waals surface area contributed by atoms with Crippen molar-refractivity contribution in [3.05, 3.63) is 0 Å². The Morgan fingerprint density at radius 3 is 0.782 bits per heavy atom. The lowest BCUT2D eigenvalue weighted by Gasteiger charge is -2.21. The molecule has 3 N–H and O–H groups in total. The van der Waals surface area contributed by atoms with Gasteiger partial charge in [0.05, 0.1) is 26.4 Å². The molecule has 0 aliphatic carbocycles. The predicted molar refractivity (Wildman–Crippen MR) is 349 cm³/mol. The van der Waals surface area contributed by atoms with Crippen molar-refractivity contribution < 1.29 is 80.2 Å². The van der Waals surface area contributed by atoms with Crippen LogP contribution in [0.4, 0.5) is 0 Å². The summed E-state index contributed by atoms with van der Waals surface area (Å²) in [7, 11) is -9.89. The zero-order chi connectivity index (χ0) is 64.3. The number of hydrogen-bond donors (Lipinski definition) is 3. The molecular weight excluding hydrogens is 1150 g/mol. The Morgan fingerprint density at radius 2 is 0.529 bits per heavy atom. The maximum absolute atomic E-state index is 13.0. The summed E-state index contributed by atoms with van der Waals surface area (Å²) in [6.45, 7) is 9.51. The van der Waals surface area contributed by atoms with Crippen LogP contribution in [0.15, 0.2) is 0 Å². The molecule has 2 unspecified atom stereocenters. The van der Waals surface area contributed by atoms with Gasteiger partial charge in [-0.2, -0.15) is 0 Å². The van der Waals surface area contributed by atoms with E-state index >= 15 is 0 Å². The number of aliphatic hydroxyl groups excluding tert-OH is 1. The Balaban J connectivity index is 5.22. The standard InChI is InChI=1S/C68H132O17P2/c1-7-9-11-13-15-24-32-38-44-50-65(70)78-56-63(84-67(72)52-46-40-34-25-16-14-12-10-8-2)58-82-86(74,75)80-54-62(69)55-81-87(76,77)83-59-64(57-79-66(71)51-45-39-33-28-23-19-21-27-31-37-43-49-61(5)6)85-68(73)53-47-41-35-29-22-18-17-20-26-30-36-42-48-60(3)4/h60-64,69H,7-59H2,1-6H3,(H,74,75)(H,76,77)/t62-,63+,64+/m0/s1. The van der Waals surface area contributed by atoms with Gasteiger partial charge >= 0.3 is 39.5 Å². The average Bonchev–Trinajstić information content (AvgIpc) is 3.64. The van der Waals surface area contributed by atoms with Crippen molar-refractivity contribution >= 4 is 39.5 Å². The highest BCUT2D eigenvalue weighted by atomic mass is 31.2. The van der Waals surface area contributed by atoms with Crippen LogP contribution in [0.1, 0.15) is 343 Å². The predicted octanol–water partition coefficient (Wildman–Crippen LogP) is 19.2. The van der Waals surface area contributed by atoms with Crippen LogP contribution in [0.2, 0.25) is 0 Å². The summed E-state index contributed by atoms with van der Waals surface area (Å²) in [5, 5.41) is 10.6. The van der Waals surface area contributed by atoms with Crippen molar-refractivity contribution in [2.75, 3.05) is 39.6 Å². The first-order chi connectivity index (χ1) is 41.9. The van der Waals surface area contributed by atoms with Crippen LogP contribution in [-0.2, 0) is 65.4 Å². The second-order valence-corrected chi connectivity index (χ2v) is 28.4. The zero-order valence-electron chi connectivity index (χ0n) is 56.3. The summed E-state index contributed by atoms with van der Waals surface area (Å²) in [6, 6.07) is 0. The number of esters is 4. The topological polar surface area (TPSA) is 237 Å². The van der Waals surface area contributed by atoms with Crippen molar-refractivity contribution in [1.82, 2.24) is 0 Å². The summed E-state index contributed by atoms with van der Waals surface area (Å²) in [6.07, 6.45) is 44.4. The summed E-state index contributed by atoms with van der Waals surface area (Å²) < 4.78 is 68.1. The quantitative estimate of drug-likeness (QED) is 0.0222. The number of unbranched alkanes of at least 4 members (excludes halogenated alkanes) is 37. The number of ether oxygens (including phenoxy) is 4. The number of phosphoric acid groups is 2. The van der Waals surface area contributed by atoms with Crippen LogP contribution in [0.25, 0.3) is 0 Å². The molecule has 0 aliphatic rings. The largest absolute Gasteiger partial charge is 0.472 e. The summed E-state index contributed by atoms with van der Waals surface area (Å²) in [5.41, 5.74) is 0. The molecule has 0 aliphatic heterocycles. The molecule has 87 heavy (non-hydrogen) atoms. The molecule has 0 amide bonds. The number of carbonyl (C=O) groups is 4. The molecule has 5 atom stereocenters. The van der Waals surface area contributed by atoms with E-state index < -0.39 is 97.5 Å². The SMILES string of the molecule is CCCCCCCCCCCC(=O)OC[C@H](COP(=O)(O)OC[C@H](O)COP(=O)(O)OC[C@@H](COC(=O)CCCCCCCCCCCCCC(C)C)OC(=O)CCCCCCCCCCCCCCC(C)C)OC(=O)CCCCCCCCCCC. The van der Waals surface area contributed by atoms with Crippen LogP contribution < -0.4 is 0 Å². The number of hydrogen-bond acceptors (Lipinski definition) is 15. The van der Waals surface area contributed by atoms with E-state index in [2.05, 4.69) is 41.5 Å². The fourth-order valence-corrected chi connectivity index (χ4v) is 11.8. The van der Waals surface area contributed by atoms with E-state index in [-0.39, 0.29) is 25.7 Å². The van der Waals surface area contributed by atoms with Crippen LogP contribution in [0.5, 0.6) is 0 Å². The molecule has 0 fully saturated rings. The second-order valence-electron chi connectivity index (χ2n) is 25.5. The first-order valence-corrected chi connectivity index (χ1v) is 38.5. The summed E-state index contributed by atoms with van der Waals surface area (Å²) >= 11 is 0. The van der Waals surface area contributed by atoms with Gasteiger partial charge in [0.1, 0.15) is 19.3 Å². The van der Waals surface area contributed by atoms with E-state index in [0.717, 1.165) is 102 Å². The van der Waals surface area contributed by atoms with Gasteiger partial charge in [-0.15, -0.1) is 0 Å². The normalized spacial score (nSPS) is 14.2. The highest BCUT2D eigenvalue weighted by molar-refractivity contribution is 7.47. The average molecular weight is 1280 g/mol. The molecule has 0 aromatic heterocycles. The van der Waals surface area contributed by atoms with Crippen molar-refractivity contribution in [3.63, 3.8) is 0 Å². The van der Waals surface area contributed by atoms with Crippen molar-refractivity contribution in [1.29, 1.82) is 0 Å². The lowest BCUT2D eigenvalue weighted by Crippen LogP contribution is -2.30. The van der Waals surface area contributed by atoms with Gasteiger partial charge in [0.2, 0.25) is 0 Å². The number of phosphoric ester groups is 2. The van der Waals surface area contributed by atoms with Gasteiger partial charge in [-0.3, -0.25) is 37.3 Å². The minimum absolute atomic E-state index is 0.106. The van der Waals surface area contributed by atoms with Crippen molar-refractivity contribution in [2.45, 2.75) is 362 Å². The Labute approximate surface area is 530 Å². The summed E-state index contributed by atoms with van der Waals surface area (Å²) in [4.78, 5) is 72.3. The molecule has 0 spiro atoms. The van der Waals surface area contributed by atoms with Gasteiger partial charge in [0, 0.05) is 25.7 Å². The van der Waals surface area contributed by atoms with Crippen molar-refractivity contribution in [2.24, 2.45) is 11.8 Å². The van der Waals surface area contributed by atoms with Crippen LogP contribution >= 0.6 is 15.6 Å². The van der Waals surface area contributed by atoms with Gasteiger partial charge < -0.3 is 33.8 Å². The van der Waals surface area contributed by atoms with Crippen LogP contribution in [-0.4, -0.2) is 96.7 Å². The Hall–Kier alpha value is -1.94. The molecule has 0 bridgehead atoms. The highest BCUT2D eigenvalue weighted by Crippen LogP contribution is 2.45. The molecule has 516 valence electrons. The first kappa shape index (κ1) is 85.1. The van der Waals surface area contributed by atoms with Gasteiger partial charge in [-0.1, -0.05) is 292 Å². The number of aliphatic hydroxyl groups is 1. The Morgan fingerprint density at radius 1 is 0.310 bits per heavy atom. The molecule has 0 heterocycles. The molecule has 0 saturated heterocycles. The number of rotatable bonds is 67. The smallest absolute Gasteiger partial charge is 0.462 e. The molecular formula is C68H132O17P2. The lowest BCUT2D eigenvalue weighted by molar-refractivity contribution is -0.161.